The summed E-state index contributed by atoms with van der Waals surface area (Å²) in [5.41, 5.74) is 2.20. The Morgan fingerprint density at radius 1 is 1.47 bits per heavy atom. The van der Waals surface area contributed by atoms with Crippen LogP contribution in [0.15, 0.2) is 18.5 Å². The van der Waals surface area contributed by atoms with E-state index in [0.717, 1.165) is 17.8 Å². The lowest BCUT2D eigenvalue weighted by Gasteiger charge is -2.22. The van der Waals surface area contributed by atoms with E-state index in [-0.39, 0.29) is 0 Å². The minimum Gasteiger partial charge on any atom is -0.324 e. The number of pyridine rings is 1. The number of thioether (sulfide) groups is 1. The van der Waals surface area contributed by atoms with Gasteiger partial charge in [-0.25, -0.2) is 4.98 Å². The second-order valence-corrected chi connectivity index (χ2v) is 6.43. The minimum atomic E-state index is 0.556. The van der Waals surface area contributed by atoms with Crippen LogP contribution in [0.2, 0.25) is 0 Å². The van der Waals surface area contributed by atoms with Crippen LogP contribution >= 0.6 is 23.4 Å². The quantitative estimate of drug-likeness (QED) is 0.806. The van der Waals surface area contributed by atoms with Crippen molar-refractivity contribution < 1.29 is 0 Å². The first kappa shape index (κ1) is 13.3. The molecule has 0 N–H and O–H groups in total. The van der Waals surface area contributed by atoms with Crippen molar-refractivity contribution in [3.63, 3.8) is 0 Å². The van der Waals surface area contributed by atoms with Gasteiger partial charge in [0.2, 0.25) is 0 Å². The fourth-order valence-electron chi connectivity index (χ4n) is 3.11. The van der Waals surface area contributed by atoms with Crippen molar-refractivity contribution in [2.24, 2.45) is 0 Å². The molecular formula is C14H18ClN3S. The van der Waals surface area contributed by atoms with Crippen LogP contribution in [0.1, 0.15) is 31.1 Å². The lowest BCUT2D eigenvalue weighted by Crippen LogP contribution is -2.18. The highest BCUT2D eigenvalue weighted by molar-refractivity contribution is 7.99. The predicted molar refractivity (Wildman–Crippen MR) is 82.1 cm³/mol. The summed E-state index contributed by atoms with van der Waals surface area (Å²) in [6, 6.07) is 2.64. The van der Waals surface area contributed by atoms with Crippen molar-refractivity contribution in [1.82, 2.24) is 14.5 Å². The van der Waals surface area contributed by atoms with Gasteiger partial charge < -0.3 is 4.57 Å². The van der Waals surface area contributed by atoms with Gasteiger partial charge in [0.15, 0.2) is 0 Å². The monoisotopic (exact) mass is 295 g/mol. The molecule has 0 radical (unpaired) electrons. The van der Waals surface area contributed by atoms with E-state index < -0.39 is 0 Å². The summed E-state index contributed by atoms with van der Waals surface area (Å²) in [6.45, 7) is 0. The molecule has 0 spiro atoms. The fraction of sp³-hybridized carbons (Fsp3) is 0.571. The Labute approximate surface area is 122 Å². The molecule has 0 aromatic carbocycles. The highest BCUT2D eigenvalue weighted by Crippen LogP contribution is 2.39. The van der Waals surface area contributed by atoms with Gasteiger partial charge in [-0.15, -0.1) is 11.6 Å². The Morgan fingerprint density at radius 3 is 3.16 bits per heavy atom. The van der Waals surface area contributed by atoms with Crippen molar-refractivity contribution in [2.75, 3.05) is 12.1 Å². The van der Waals surface area contributed by atoms with Gasteiger partial charge in [0.25, 0.3) is 0 Å². The van der Waals surface area contributed by atoms with Gasteiger partial charge in [0.05, 0.1) is 11.7 Å². The van der Waals surface area contributed by atoms with E-state index in [0.29, 0.717) is 17.2 Å². The molecule has 1 aliphatic rings. The number of halogens is 1. The van der Waals surface area contributed by atoms with Gasteiger partial charge in [0, 0.05) is 29.8 Å². The van der Waals surface area contributed by atoms with E-state index in [9.17, 15) is 0 Å². The van der Waals surface area contributed by atoms with Crippen LogP contribution in [0.5, 0.6) is 0 Å². The molecule has 0 bridgehead atoms. The number of hydrogen-bond acceptors (Lipinski definition) is 3. The summed E-state index contributed by atoms with van der Waals surface area (Å²) in [5, 5.41) is 0.694. The van der Waals surface area contributed by atoms with Crippen LogP contribution in [0.3, 0.4) is 0 Å². The number of alkyl halides is 1. The van der Waals surface area contributed by atoms with Crippen molar-refractivity contribution in [2.45, 2.75) is 37.0 Å². The molecule has 1 aliphatic carbocycles. The molecule has 0 saturated heterocycles. The number of imidazole rings is 1. The molecule has 3 rings (SSSR count). The van der Waals surface area contributed by atoms with Crippen molar-refractivity contribution in [3.05, 3.63) is 24.3 Å². The molecule has 2 heterocycles. The van der Waals surface area contributed by atoms with Gasteiger partial charge in [-0.2, -0.15) is 11.8 Å². The molecule has 2 unspecified atom stereocenters. The standard InChI is InChI=1S/C14H18ClN3S/c1-19-13-4-2-3-12(13)18-11-6-8-16-9-10(11)17-14(18)5-7-15/h6,8-9,12-13H,2-5,7H2,1H3. The van der Waals surface area contributed by atoms with Crippen molar-refractivity contribution in [1.29, 1.82) is 0 Å². The molecule has 2 aromatic rings. The fourth-order valence-corrected chi connectivity index (χ4v) is 4.25. The third-order valence-corrected chi connectivity index (χ3v) is 5.28. The third-order valence-electron chi connectivity index (χ3n) is 3.94. The highest BCUT2D eigenvalue weighted by Gasteiger charge is 2.30. The second kappa shape index (κ2) is 5.71. The molecule has 19 heavy (non-hydrogen) atoms. The zero-order valence-corrected chi connectivity index (χ0v) is 12.6. The average molecular weight is 296 g/mol. The Balaban J connectivity index is 2.11. The average Bonchev–Trinajstić information content (AvgIpc) is 3.01. The lowest BCUT2D eigenvalue weighted by atomic mass is 10.2. The summed E-state index contributed by atoms with van der Waals surface area (Å²) in [5.74, 6) is 1.73. The maximum absolute atomic E-state index is 5.94. The maximum Gasteiger partial charge on any atom is 0.111 e. The highest BCUT2D eigenvalue weighted by atomic mass is 35.5. The van der Waals surface area contributed by atoms with E-state index >= 15 is 0 Å². The van der Waals surface area contributed by atoms with E-state index in [1.54, 1.807) is 0 Å². The Bertz CT molecular complexity index is 569. The van der Waals surface area contributed by atoms with Gasteiger partial charge in [-0.05, 0) is 25.2 Å². The number of nitrogens with zero attached hydrogens (tertiary/aromatic N) is 3. The Kier molecular flexibility index (Phi) is 3.99. The van der Waals surface area contributed by atoms with Crippen molar-refractivity contribution in [3.8, 4) is 0 Å². The Hall–Kier alpha value is -0.740. The SMILES string of the molecule is CSC1CCCC1n1c(CCCl)nc2cnccc21. The van der Waals surface area contributed by atoms with Gasteiger partial charge in [-0.1, -0.05) is 6.42 Å². The Morgan fingerprint density at radius 2 is 2.37 bits per heavy atom. The summed E-state index contributed by atoms with van der Waals surface area (Å²) < 4.78 is 2.42. The number of rotatable bonds is 4. The van der Waals surface area contributed by atoms with Crippen LogP contribution in [-0.4, -0.2) is 31.9 Å². The summed E-state index contributed by atoms with van der Waals surface area (Å²) >= 11 is 7.92. The van der Waals surface area contributed by atoms with Crippen molar-refractivity contribution >= 4 is 34.4 Å². The minimum absolute atomic E-state index is 0.556. The molecule has 3 nitrogen and oxygen atoms in total. The van der Waals surface area contributed by atoms with E-state index in [1.165, 1.54) is 24.8 Å². The van der Waals surface area contributed by atoms with E-state index in [2.05, 4.69) is 21.9 Å². The van der Waals surface area contributed by atoms with Gasteiger partial charge in [0.1, 0.15) is 11.3 Å². The number of hydrogen-bond donors (Lipinski definition) is 0. The van der Waals surface area contributed by atoms with Crippen LogP contribution in [0, 0.1) is 0 Å². The topological polar surface area (TPSA) is 30.7 Å². The second-order valence-electron chi connectivity index (χ2n) is 4.97. The summed E-state index contributed by atoms with van der Waals surface area (Å²) in [4.78, 5) is 8.90. The molecule has 2 atom stereocenters. The number of fused-ring (bicyclic) bond motifs is 1. The molecule has 5 heteroatoms. The normalized spacial score (nSPS) is 23.3. The first-order valence-electron chi connectivity index (χ1n) is 6.74. The third kappa shape index (κ3) is 2.36. The largest absolute Gasteiger partial charge is 0.324 e. The van der Waals surface area contributed by atoms with Gasteiger partial charge >= 0.3 is 0 Å². The predicted octanol–water partition coefficient (Wildman–Crippen LogP) is 3.67. The number of aryl methyl sites for hydroxylation is 1. The molecule has 1 fully saturated rings. The van der Waals surface area contributed by atoms with Gasteiger partial charge in [-0.3, -0.25) is 4.98 Å². The van der Waals surface area contributed by atoms with Crippen LogP contribution < -0.4 is 0 Å². The molecule has 102 valence electrons. The zero-order chi connectivity index (χ0) is 13.2. The number of aromatic nitrogens is 3. The molecule has 1 saturated carbocycles. The lowest BCUT2D eigenvalue weighted by molar-refractivity contribution is 0.522. The van der Waals surface area contributed by atoms with Crippen LogP contribution in [0.4, 0.5) is 0 Å². The molecular weight excluding hydrogens is 278 g/mol. The van der Waals surface area contributed by atoms with E-state index in [4.69, 9.17) is 16.6 Å². The molecule has 2 aromatic heterocycles. The smallest absolute Gasteiger partial charge is 0.111 e. The zero-order valence-electron chi connectivity index (χ0n) is 11.1. The first-order valence-corrected chi connectivity index (χ1v) is 8.57. The summed E-state index contributed by atoms with van der Waals surface area (Å²) in [6.07, 6.45) is 10.6. The van der Waals surface area contributed by atoms with E-state index in [1.807, 2.05) is 24.2 Å². The maximum atomic E-state index is 5.94. The molecule has 0 aliphatic heterocycles. The first-order chi connectivity index (χ1) is 9.35. The molecule has 0 amide bonds. The summed E-state index contributed by atoms with van der Waals surface area (Å²) in [7, 11) is 0. The van der Waals surface area contributed by atoms with Crippen LogP contribution in [-0.2, 0) is 6.42 Å². The van der Waals surface area contributed by atoms with Crippen LogP contribution in [0.25, 0.3) is 11.0 Å².